The van der Waals surface area contributed by atoms with Crippen LogP contribution in [0.25, 0.3) is 22.1 Å². The molecule has 1 aromatic heterocycles. The Morgan fingerprint density at radius 2 is 1.60 bits per heavy atom. The Morgan fingerprint density at radius 1 is 0.914 bits per heavy atom. The molecule has 0 amide bonds. The van der Waals surface area contributed by atoms with Gasteiger partial charge >= 0.3 is 12.1 Å². The van der Waals surface area contributed by atoms with Gasteiger partial charge in [-0.1, -0.05) is 28.1 Å². The van der Waals surface area contributed by atoms with Gasteiger partial charge in [0, 0.05) is 10.5 Å². The first-order chi connectivity index (χ1) is 16.6. The van der Waals surface area contributed by atoms with Crippen LogP contribution in [0.2, 0.25) is 0 Å². The Balaban J connectivity index is 1.76. The number of halogens is 4. The largest absolute Gasteiger partial charge is 0.493 e. The maximum atomic E-state index is 13.8. The second-order valence-electron chi connectivity index (χ2n) is 7.26. The number of hydrogen-bond acceptors (Lipinski definition) is 6. The number of rotatable bonds is 5. The zero-order valence-corrected chi connectivity index (χ0v) is 19.8. The van der Waals surface area contributed by atoms with Crippen LogP contribution in [0.15, 0.2) is 74.3 Å². The van der Waals surface area contributed by atoms with Gasteiger partial charge in [-0.3, -0.25) is 4.79 Å². The van der Waals surface area contributed by atoms with Crippen LogP contribution in [-0.2, 0) is 6.18 Å². The van der Waals surface area contributed by atoms with Crippen molar-refractivity contribution in [1.82, 2.24) is 0 Å². The third-order valence-electron chi connectivity index (χ3n) is 5.08. The van der Waals surface area contributed by atoms with E-state index in [-0.39, 0.29) is 27.8 Å². The van der Waals surface area contributed by atoms with Gasteiger partial charge in [-0.2, -0.15) is 13.2 Å². The summed E-state index contributed by atoms with van der Waals surface area (Å²) >= 11 is 3.22. The number of fused-ring (bicyclic) bond motifs is 1. The van der Waals surface area contributed by atoms with Crippen molar-refractivity contribution in [3.63, 3.8) is 0 Å². The van der Waals surface area contributed by atoms with Crippen LogP contribution in [0.5, 0.6) is 17.2 Å². The summed E-state index contributed by atoms with van der Waals surface area (Å²) < 4.78 is 62.9. The first-order valence-electron chi connectivity index (χ1n) is 10.0. The normalized spacial score (nSPS) is 11.4. The predicted octanol–water partition coefficient (Wildman–Crippen LogP) is 6.48. The van der Waals surface area contributed by atoms with E-state index in [1.54, 1.807) is 0 Å². The van der Waals surface area contributed by atoms with E-state index >= 15 is 0 Å². The second kappa shape index (κ2) is 9.46. The maximum absolute atomic E-state index is 13.8. The van der Waals surface area contributed by atoms with Crippen molar-refractivity contribution in [1.29, 1.82) is 0 Å². The predicted molar refractivity (Wildman–Crippen MR) is 125 cm³/mol. The van der Waals surface area contributed by atoms with Crippen LogP contribution in [0, 0.1) is 0 Å². The highest BCUT2D eigenvalue weighted by molar-refractivity contribution is 9.10. The fraction of sp³-hybridized carbons (Fsp3) is 0.120. The Morgan fingerprint density at radius 3 is 2.23 bits per heavy atom. The Kier molecular flexibility index (Phi) is 6.58. The van der Waals surface area contributed by atoms with E-state index in [4.69, 9.17) is 18.6 Å². The van der Waals surface area contributed by atoms with Crippen LogP contribution in [0.3, 0.4) is 0 Å². The van der Waals surface area contributed by atoms with Crippen molar-refractivity contribution in [3.8, 4) is 28.4 Å². The van der Waals surface area contributed by atoms with E-state index in [2.05, 4.69) is 15.9 Å². The van der Waals surface area contributed by atoms with Gasteiger partial charge in [0.2, 0.25) is 11.2 Å². The summed E-state index contributed by atoms with van der Waals surface area (Å²) in [4.78, 5) is 25.6. The minimum atomic E-state index is -4.94. The van der Waals surface area contributed by atoms with E-state index in [1.165, 1.54) is 68.8 Å². The van der Waals surface area contributed by atoms with Gasteiger partial charge in [0.15, 0.2) is 11.5 Å². The fourth-order valence-electron chi connectivity index (χ4n) is 3.44. The van der Waals surface area contributed by atoms with Crippen LogP contribution in [-0.4, -0.2) is 20.2 Å². The van der Waals surface area contributed by atoms with E-state index in [9.17, 15) is 22.8 Å². The molecule has 3 aromatic carbocycles. The first kappa shape index (κ1) is 24.3. The van der Waals surface area contributed by atoms with Crippen molar-refractivity contribution in [2.75, 3.05) is 14.2 Å². The Labute approximate surface area is 205 Å². The van der Waals surface area contributed by atoms with E-state index in [0.717, 1.165) is 6.07 Å². The molecule has 0 spiro atoms. The van der Waals surface area contributed by atoms with Crippen molar-refractivity contribution in [3.05, 3.63) is 86.7 Å². The third-order valence-corrected chi connectivity index (χ3v) is 5.61. The Bertz CT molecular complexity index is 1480. The van der Waals surface area contributed by atoms with E-state index < -0.39 is 28.9 Å². The second-order valence-corrected chi connectivity index (χ2v) is 8.17. The topological polar surface area (TPSA) is 75.0 Å². The Hall–Kier alpha value is -3.79. The summed E-state index contributed by atoms with van der Waals surface area (Å²) in [7, 11) is 2.84. The van der Waals surface area contributed by atoms with Gasteiger partial charge in [0.1, 0.15) is 11.3 Å². The SMILES string of the molecule is COc1ccc(C(=O)Oc2ccc3c(=O)c(-c4ccc(Br)cc4)c(C(F)(F)F)oc3c2)cc1OC. The molecule has 0 aliphatic heterocycles. The van der Waals surface area contributed by atoms with E-state index in [0.29, 0.717) is 16.0 Å². The van der Waals surface area contributed by atoms with Crippen molar-refractivity contribution in [2.45, 2.75) is 6.18 Å². The smallest absolute Gasteiger partial charge is 0.450 e. The lowest BCUT2D eigenvalue weighted by Gasteiger charge is -2.13. The molecule has 4 rings (SSSR count). The summed E-state index contributed by atoms with van der Waals surface area (Å²) in [6, 6.07) is 13.8. The third kappa shape index (κ3) is 4.88. The quantitative estimate of drug-likeness (QED) is 0.210. The zero-order valence-electron chi connectivity index (χ0n) is 18.2. The van der Waals surface area contributed by atoms with Crippen LogP contribution < -0.4 is 19.6 Å². The minimum Gasteiger partial charge on any atom is -0.493 e. The van der Waals surface area contributed by atoms with Gasteiger partial charge in [-0.25, -0.2) is 4.79 Å². The number of alkyl halides is 3. The molecule has 0 bridgehead atoms. The molecule has 0 atom stereocenters. The van der Waals surface area contributed by atoms with Gasteiger partial charge in [-0.15, -0.1) is 0 Å². The van der Waals surface area contributed by atoms with E-state index in [1.807, 2.05) is 0 Å². The lowest BCUT2D eigenvalue weighted by molar-refractivity contribution is -0.152. The van der Waals surface area contributed by atoms with Gasteiger partial charge in [0.05, 0.1) is 30.7 Å². The monoisotopic (exact) mass is 548 g/mol. The average Bonchev–Trinajstić information content (AvgIpc) is 2.83. The molecule has 0 aliphatic carbocycles. The number of carbonyl (C=O) groups is 1. The molecule has 0 saturated heterocycles. The van der Waals surface area contributed by atoms with Gasteiger partial charge in [-0.05, 0) is 48.0 Å². The highest BCUT2D eigenvalue weighted by atomic mass is 79.9. The number of benzene rings is 3. The molecule has 0 aliphatic rings. The van der Waals surface area contributed by atoms with Gasteiger partial charge < -0.3 is 18.6 Å². The average molecular weight is 549 g/mol. The lowest BCUT2D eigenvalue weighted by atomic mass is 10.0. The van der Waals surface area contributed by atoms with Crippen LogP contribution >= 0.6 is 15.9 Å². The molecule has 0 radical (unpaired) electrons. The zero-order chi connectivity index (χ0) is 25.3. The highest BCUT2D eigenvalue weighted by Crippen LogP contribution is 2.38. The standard InChI is InChI=1S/C25H16BrF3O6/c1-32-18-10-5-14(11-20(18)33-2)24(31)34-16-8-9-17-19(12-16)35-23(25(27,28)29)21(22(17)30)13-3-6-15(26)7-4-13/h3-12H,1-2H3. The molecule has 0 N–H and O–H groups in total. The number of ether oxygens (including phenoxy) is 3. The lowest BCUT2D eigenvalue weighted by Crippen LogP contribution is -2.16. The molecule has 0 saturated carbocycles. The molecule has 10 heteroatoms. The first-order valence-corrected chi connectivity index (χ1v) is 10.8. The number of carbonyl (C=O) groups excluding carboxylic acids is 1. The molecular weight excluding hydrogens is 533 g/mol. The maximum Gasteiger partial charge on any atom is 0.450 e. The molecule has 35 heavy (non-hydrogen) atoms. The molecular formula is C25H16BrF3O6. The summed E-state index contributed by atoms with van der Waals surface area (Å²) in [6.45, 7) is 0. The molecule has 1 heterocycles. The highest BCUT2D eigenvalue weighted by Gasteiger charge is 2.39. The summed E-state index contributed by atoms with van der Waals surface area (Å²) in [5.74, 6) is -1.65. The summed E-state index contributed by atoms with van der Waals surface area (Å²) in [6.07, 6.45) is -4.94. The van der Waals surface area contributed by atoms with Crippen molar-refractivity contribution in [2.24, 2.45) is 0 Å². The number of hydrogen-bond donors (Lipinski definition) is 0. The summed E-state index contributed by atoms with van der Waals surface area (Å²) in [5, 5.41) is -0.0955. The van der Waals surface area contributed by atoms with Crippen molar-refractivity contribution < 1.29 is 36.6 Å². The van der Waals surface area contributed by atoms with Crippen LogP contribution in [0.1, 0.15) is 16.1 Å². The molecule has 0 fully saturated rings. The molecule has 6 nitrogen and oxygen atoms in total. The molecule has 4 aromatic rings. The number of methoxy groups -OCH3 is 2. The number of esters is 1. The summed E-state index contributed by atoms with van der Waals surface area (Å²) in [5.41, 5.74) is -1.67. The molecule has 180 valence electrons. The minimum absolute atomic E-state index is 0.0557. The fourth-order valence-corrected chi connectivity index (χ4v) is 3.71. The van der Waals surface area contributed by atoms with Crippen LogP contribution in [0.4, 0.5) is 13.2 Å². The van der Waals surface area contributed by atoms with Gasteiger partial charge in [0.25, 0.3) is 0 Å². The van der Waals surface area contributed by atoms with Crippen molar-refractivity contribution >= 4 is 32.9 Å². The molecule has 0 unspecified atom stereocenters.